The summed E-state index contributed by atoms with van der Waals surface area (Å²) in [7, 11) is 3.94. The van der Waals surface area contributed by atoms with Gasteiger partial charge in [0.1, 0.15) is 0 Å². The second-order valence-electron chi connectivity index (χ2n) is 5.96. The number of amides is 1. The fourth-order valence-corrected chi connectivity index (χ4v) is 2.90. The molecule has 4 nitrogen and oxygen atoms in total. The first-order valence-corrected chi connectivity index (χ1v) is 8.96. The van der Waals surface area contributed by atoms with E-state index in [2.05, 4.69) is 22.0 Å². The van der Waals surface area contributed by atoms with E-state index in [-0.39, 0.29) is 5.91 Å². The van der Waals surface area contributed by atoms with E-state index in [4.69, 9.17) is 16.9 Å². The van der Waals surface area contributed by atoms with Gasteiger partial charge < -0.3 is 9.80 Å². The molecule has 0 aromatic heterocycles. The van der Waals surface area contributed by atoms with E-state index in [1.807, 2.05) is 31.1 Å². The van der Waals surface area contributed by atoms with Gasteiger partial charge in [-0.2, -0.15) is 5.26 Å². The summed E-state index contributed by atoms with van der Waals surface area (Å²) in [6.45, 7) is 1.81. The molecule has 0 aliphatic carbocycles. The average Bonchev–Trinajstić information content (AvgIpc) is 2.60. The number of likely N-dealkylation sites (N-methyl/N-ethyl adjacent to an activating group) is 1. The van der Waals surface area contributed by atoms with Crippen molar-refractivity contribution < 1.29 is 4.79 Å². The normalized spacial score (nSPS) is 10.6. The molecule has 0 spiro atoms. The van der Waals surface area contributed by atoms with Crippen molar-refractivity contribution >= 4 is 33.4 Å². The minimum Gasteiger partial charge on any atom is -0.333 e. The zero-order chi connectivity index (χ0) is 18.4. The Morgan fingerprint density at radius 3 is 2.44 bits per heavy atom. The van der Waals surface area contributed by atoms with Crippen LogP contribution in [-0.2, 0) is 6.54 Å². The highest BCUT2D eigenvalue weighted by atomic mass is 79.9. The first kappa shape index (κ1) is 19.5. The van der Waals surface area contributed by atoms with E-state index in [1.165, 1.54) is 0 Å². The average molecular weight is 421 g/mol. The van der Waals surface area contributed by atoms with Crippen molar-refractivity contribution in [3.63, 3.8) is 0 Å². The molecule has 0 bridgehead atoms. The van der Waals surface area contributed by atoms with Crippen molar-refractivity contribution in [3.8, 4) is 6.07 Å². The van der Waals surface area contributed by atoms with Crippen molar-refractivity contribution in [1.29, 1.82) is 5.26 Å². The van der Waals surface area contributed by atoms with E-state index in [9.17, 15) is 4.79 Å². The highest BCUT2D eigenvalue weighted by molar-refractivity contribution is 9.10. The van der Waals surface area contributed by atoms with Gasteiger partial charge in [0.15, 0.2) is 0 Å². The summed E-state index contributed by atoms with van der Waals surface area (Å²) in [4.78, 5) is 16.8. The summed E-state index contributed by atoms with van der Waals surface area (Å²) in [5, 5.41) is 9.44. The number of rotatable bonds is 6. The summed E-state index contributed by atoms with van der Waals surface area (Å²) in [5.41, 5.74) is 2.12. The third-order valence-electron chi connectivity index (χ3n) is 3.72. The molecule has 0 saturated heterocycles. The molecule has 2 aromatic carbocycles. The Hall–Kier alpha value is -1.87. The predicted octanol–water partition coefficient (Wildman–Crippen LogP) is 4.18. The lowest BCUT2D eigenvalue weighted by Crippen LogP contribution is -2.36. The van der Waals surface area contributed by atoms with Crippen LogP contribution in [0, 0.1) is 11.3 Å². The van der Waals surface area contributed by atoms with Gasteiger partial charge in [0.05, 0.1) is 17.2 Å². The van der Waals surface area contributed by atoms with Gasteiger partial charge in [-0.05, 0) is 65.9 Å². The molecule has 0 unspecified atom stereocenters. The molecule has 0 fully saturated rings. The molecular formula is C19H19BrClN3O. The molecule has 6 heteroatoms. The Morgan fingerprint density at radius 1 is 1.16 bits per heavy atom. The second-order valence-corrected chi connectivity index (χ2v) is 7.25. The molecule has 0 aliphatic rings. The van der Waals surface area contributed by atoms with Crippen LogP contribution in [0.5, 0.6) is 0 Å². The van der Waals surface area contributed by atoms with Crippen LogP contribution in [-0.4, -0.2) is 42.9 Å². The topological polar surface area (TPSA) is 47.3 Å². The maximum Gasteiger partial charge on any atom is 0.255 e. The van der Waals surface area contributed by atoms with Crippen molar-refractivity contribution in [2.45, 2.75) is 6.54 Å². The van der Waals surface area contributed by atoms with Gasteiger partial charge >= 0.3 is 0 Å². The largest absolute Gasteiger partial charge is 0.333 e. The van der Waals surface area contributed by atoms with Crippen LogP contribution >= 0.6 is 27.5 Å². The molecule has 0 aliphatic heterocycles. The molecule has 0 atom stereocenters. The quantitative estimate of drug-likeness (QED) is 0.704. The molecule has 2 aromatic rings. The molecule has 130 valence electrons. The van der Waals surface area contributed by atoms with Crippen LogP contribution in [0.3, 0.4) is 0 Å². The second kappa shape index (κ2) is 9.00. The lowest BCUT2D eigenvalue weighted by atomic mass is 10.1. The number of carbonyl (C=O) groups is 1. The van der Waals surface area contributed by atoms with Crippen LogP contribution in [0.4, 0.5) is 0 Å². The van der Waals surface area contributed by atoms with Crippen molar-refractivity contribution in [1.82, 2.24) is 9.80 Å². The Balaban J connectivity index is 2.26. The number of halogens is 2. The summed E-state index contributed by atoms with van der Waals surface area (Å²) < 4.78 is 0.719. The monoisotopic (exact) mass is 419 g/mol. The zero-order valence-corrected chi connectivity index (χ0v) is 16.5. The predicted molar refractivity (Wildman–Crippen MR) is 104 cm³/mol. The van der Waals surface area contributed by atoms with Crippen molar-refractivity contribution in [3.05, 3.63) is 68.7 Å². The van der Waals surface area contributed by atoms with Crippen LogP contribution in [0.15, 0.2) is 46.9 Å². The lowest BCUT2D eigenvalue weighted by Gasteiger charge is -2.25. The highest BCUT2D eigenvalue weighted by Crippen LogP contribution is 2.23. The Kier molecular flexibility index (Phi) is 7.01. The SMILES string of the molecule is CN(C)CCN(Cc1ccc(C#N)cc1)C(=O)c1cc(Cl)ccc1Br. The van der Waals surface area contributed by atoms with Gasteiger partial charge in [0.2, 0.25) is 0 Å². The van der Waals surface area contributed by atoms with Crippen LogP contribution in [0.2, 0.25) is 5.02 Å². The van der Waals surface area contributed by atoms with E-state index >= 15 is 0 Å². The van der Waals surface area contributed by atoms with Gasteiger partial charge in [-0.3, -0.25) is 4.79 Å². The summed E-state index contributed by atoms with van der Waals surface area (Å²) in [5.74, 6) is -0.0828. The zero-order valence-electron chi connectivity index (χ0n) is 14.2. The van der Waals surface area contributed by atoms with Crippen LogP contribution < -0.4 is 0 Å². The van der Waals surface area contributed by atoms with Gasteiger partial charge in [0, 0.05) is 29.1 Å². The van der Waals surface area contributed by atoms with Gasteiger partial charge in [-0.15, -0.1) is 0 Å². The van der Waals surface area contributed by atoms with Crippen molar-refractivity contribution in [2.24, 2.45) is 0 Å². The number of carbonyl (C=O) groups excluding carboxylic acids is 1. The Labute approximate surface area is 161 Å². The smallest absolute Gasteiger partial charge is 0.255 e. The van der Waals surface area contributed by atoms with Crippen LogP contribution in [0.25, 0.3) is 0 Å². The van der Waals surface area contributed by atoms with Crippen molar-refractivity contribution in [2.75, 3.05) is 27.2 Å². The fraction of sp³-hybridized carbons (Fsp3) is 0.263. The molecule has 1 amide bonds. The first-order chi connectivity index (χ1) is 11.9. The Bertz CT molecular complexity index is 784. The highest BCUT2D eigenvalue weighted by Gasteiger charge is 2.19. The number of nitrogens with zero attached hydrogens (tertiary/aromatic N) is 3. The third kappa shape index (κ3) is 5.57. The van der Waals surface area contributed by atoms with E-state index in [1.54, 1.807) is 35.2 Å². The number of benzene rings is 2. The number of nitriles is 1. The van der Waals surface area contributed by atoms with Crippen LogP contribution in [0.1, 0.15) is 21.5 Å². The van der Waals surface area contributed by atoms with Gasteiger partial charge in [-0.25, -0.2) is 0 Å². The summed E-state index contributed by atoms with van der Waals surface area (Å²) >= 11 is 9.49. The van der Waals surface area contributed by atoms with E-state index in [0.717, 1.165) is 16.6 Å². The number of hydrogen-bond acceptors (Lipinski definition) is 3. The maximum atomic E-state index is 13.0. The Morgan fingerprint density at radius 2 is 1.84 bits per heavy atom. The molecular weight excluding hydrogens is 402 g/mol. The molecule has 0 N–H and O–H groups in total. The number of hydrogen-bond donors (Lipinski definition) is 0. The molecule has 0 radical (unpaired) electrons. The third-order valence-corrected chi connectivity index (χ3v) is 4.65. The minimum atomic E-state index is -0.0828. The fourth-order valence-electron chi connectivity index (χ4n) is 2.31. The standard InChI is InChI=1S/C19H19BrClN3O/c1-23(2)9-10-24(13-15-5-3-14(12-22)4-6-15)19(25)17-11-16(21)7-8-18(17)20/h3-8,11H,9-10,13H2,1-2H3. The molecule has 2 rings (SSSR count). The lowest BCUT2D eigenvalue weighted by molar-refractivity contribution is 0.0731. The summed E-state index contributed by atoms with van der Waals surface area (Å²) in [6.07, 6.45) is 0. The first-order valence-electron chi connectivity index (χ1n) is 7.79. The van der Waals surface area contributed by atoms with Gasteiger partial charge in [-0.1, -0.05) is 23.7 Å². The van der Waals surface area contributed by atoms with E-state index in [0.29, 0.717) is 29.2 Å². The maximum absolute atomic E-state index is 13.0. The molecule has 0 saturated carbocycles. The summed E-state index contributed by atoms with van der Waals surface area (Å²) in [6, 6.07) is 14.6. The molecule has 25 heavy (non-hydrogen) atoms. The molecule has 0 heterocycles. The van der Waals surface area contributed by atoms with Gasteiger partial charge in [0.25, 0.3) is 5.91 Å². The minimum absolute atomic E-state index is 0.0828. The van der Waals surface area contributed by atoms with E-state index < -0.39 is 0 Å².